The van der Waals surface area contributed by atoms with Crippen LogP contribution in [0.1, 0.15) is 42.5 Å². The second kappa shape index (κ2) is 9.00. The topological polar surface area (TPSA) is 111 Å². The van der Waals surface area contributed by atoms with Gasteiger partial charge in [-0.3, -0.25) is 19.7 Å². The van der Waals surface area contributed by atoms with E-state index in [4.69, 9.17) is 4.74 Å². The van der Waals surface area contributed by atoms with E-state index >= 15 is 0 Å². The number of rotatable bonds is 7. The fraction of sp³-hybridized carbons (Fsp3) is 0.529. The van der Waals surface area contributed by atoms with Crippen LogP contribution in [0.15, 0.2) is 18.2 Å². The summed E-state index contributed by atoms with van der Waals surface area (Å²) in [6.45, 7) is 0.466. The van der Waals surface area contributed by atoms with Crippen molar-refractivity contribution in [2.24, 2.45) is 5.92 Å². The van der Waals surface area contributed by atoms with Crippen LogP contribution in [0.3, 0.4) is 0 Å². The van der Waals surface area contributed by atoms with Crippen LogP contribution in [0.4, 0.5) is 5.69 Å². The van der Waals surface area contributed by atoms with Crippen LogP contribution < -0.4 is 15.4 Å². The van der Waals surface area contributed by atoms with Gasteiger partial charge in [0.1, 0.15) is 0 Å². The number of nitro benzene ring substituents is 1. The molecule has 0 saturated heterocycles. The van der Waals surface area contributed by atoms with Gasteiger partial charge in [-0.15, -0.1) is 0 Å². The first-order valence-corrected chi connectivity index (χ1v) is 8.38. The lowest BCUT2D eigenvalue weighted by Crippen LogP contribution is -2.39. The minimum absolute atomic E-state index is 0.0757. The monoisotopic (exact) mass is 349 g/mol. The second-order valence-electron chi connectivity index (χ2n) is 6.13. The minimum Gasteiger partial charge on any atom is -0.490 e. The molecule has 8 heteroatoms. The Bertz CT molecular complexity index is 641. The molecule has 0 atom stereocenters. The average molecular weight is 349 g/mol. The number of amides is 2. The van der Waals surface area contributed by atoms with E-state index in [0.717, 1.165) is 18.9 Å². The molecule has 0 unspecified atom stereocenters. The molecule has 0 aliphatic heterocycles. The number of carbonyl (C=O) groups is 2. The Morgan fingerprint density at radius 2 is 1.96 bits per heavy atom. The van der Waals surface area contributed by atoms with Crippen molar-refractivity contribution in [1.29, 1.82) is 0 Å². The zero-order valence-corrected chi connectivity index (χ0v) is 14.2. The summed E-state index contributed by atoms with van der Waals surface area (Å²) in [6.07, 6.45) is 5.92. The number of benzene rings is 1. The summed E-state index contributed by atoms with van der Waals surface area (Å²) in [5.74, 6) is -0.218. The van der Waals surface area contributed by atoms with Crippen LogP contribution in [0.5, 0.6) is 5.75 Å². The lowest BCUT2D eigenvalue weighted by molar-refractivity contribution is -0.385. The van der Waals surface area contributed by atoms with Gasteiger partial charge in [0.2, 0.25) is 5.91 Å². The predicted molar refractivity (Wildman–Crippen MR) is 91.6 cm³/mol. The van der Waals surface area contributed by atoms with Gasteiger partial charge in [-0.2, -0.15) is 0 Å². The molecule has 0 bridgehead atoms. The van der Waals surface area contributed by atoms with Gasteiger partial charge < -0.3 is 15.4 Å². The van der Waals surface area contributed by atoms with Crippen molar-refractivity contribution >= 4 is 17.5 Å². The fourth-order valence-electron chi connectivity index (χ4n) is 2.95. The predicted octanol–water partition coefficient (Wildman–Crippen LogP) is 2.03. The van der Waals surface area contributed by atoms with Crippen LogP contribution in [0.25, 0.3) is 0 Å². The lowest BCUT2D eigenvalue weighted by Gasteiger charge is -2.21. The molecular weight excluding hydrogens is 326 g/mol. The Morgan fingerprint density at radius 3 is 2.60 bits per heavy atom. The van der Waals surface area contributed by atoms with Gasteiger partial charge in [-0.25, -0.2) is 0 Å². The van der Waals surface area contributed by atoms with Gasteiger partial charge in [0.25, 0.3) is 5.91 Å². The summed E-state index contributed by atoms with van der Waals surface area (Å²) in [4.78, 5) is 34.3. The van der Waals surface area contributed by atoms with Crippen LogP contribution in [0.2, 0.25) is 0 Å². The Balaban J connectivity index is 1.84. The highest BCUT2D eigenvalue weighted by atomic mass is 16.6. The highest BCUT2D eigenvalue weighted by Gasteiger charge is 2.19. The average Bonchev–Trinajstić information content (AvgIpc) is 2.64. The van der Waals surface area contributed by atoms with Crippen molar-refractivity contribution in [3.8, 4) is 5.75 Å². The highest BCUT2D eigenvalue weighted by molar-refractivity contribution is 5.97. The SMILES string of the molecule is COc1ccc(C(=O)NCC(=O)NCC2CCCCC2)cc1[N+](=O)[O-]. The van der Waals surface area contributed by atoms with Crippen molar-refractivity contribution in [2.45, 2.75) is 32.1 Å². The molecule has 0 spiro atoms. The Hall–Kier alpha value is -2.64. The fourth-order valence-corrected chi connectivity index (χ4v) is 2.95. The number of carbonyl (C=O) groups excluding carboxylic acids is 2. The first-order valence-electron chi connectivity index (χ1n) is 8.38. The van der Waals surface area contributed by atoms with E-state index in [1.165, 1.54) is 38.5 Å². The van der Waals surface area contributed by atoms with Crippen molar-refractivity contribution in [3.05, 3.63) is 33.9 Å². The van der Waals surface area contributed by atoms with Crippen LogP contribution in [0, 0.1) is 16.0 Å². The number of hydrogen-bond donors (Lipinski definition) is 2. The second-order valence-corrected chi connectivity index (χ2v) is 6.13. The minimum atomic E-state index is -0.619. The molecule has 2 rings (SSSR count). The number of nitrogens with zero attached hydrogens (tertiary/aromatic N) is 1. The molecule has 1 aliphatic carbocycles. The smallest absolute Gasteiger partial charge is 0.311 e. The Kier molecular flexibility index (Phi) is 6.73. The zero-order chi connectivity index (χ0) is 18.2. The van der Waals surface area contributed by atoms with E-state index < -0.39 is 10.8 Å². The van der Waals surface area contributed by atoms with Crippen molar-refractivity contribution in [2.75, 3.05) is 20.2 Å². The molecule has 1 fully saturated rings. The largest absolute Gasteiger partial charge is 0.490 e. The van der Waals surface area contributed by atoms with E-state index in [1.807, 2.05) is 0 Å². The summed E-state index contributed by atoms with van der Waals surface area (Å²) >= 11 is 0. The summed E-state index contributed by atoms with van der Waals surface area (Å²) in [5.41, 5.74) is -0.190. The number of nitro groups is 1. The van der Waals surface area contributed by atoms with E-state index in [0.29, 0.717) is 12.5 Å². The van der Waals surface area contributed by atoms with E-state index in [9.17, 15) is 19.7 Å². The molecule has 2 amide bonds. The lowest BCUT2D eigenvalue weighted by atomic mass is 9.89. The first kappa shape index (κ1) is 18.7. The normalized spacial score (nSPS) is 14.6. The number of methoxy groups -OCH3 is 1. The highest BCUT2D eigenvalue weighted by Crippen LogP contribution is 2.27. The molecule has 1 aromatic rings. The summed E-state index contributed by atoms with van der Waals surface area (Å²) in [7, 11) is 1.32. The molecule has 2 N–H and O–H groups in total. The van der Waals surface area contributed by atoms with Gasteiger partial charge in [-0.1, -0.05) is 19.3 Å². The molecule has 25 heavy (non-hydrogen) atoms. The third-order valence-electron chi connectivity index (χ3n) is 4.36. The molecule has 1 aromatic carbocycles. The molecule has 0 aromatic heterocycles. The molecule has 136 valence electrons. The summed E-state index contributed by atoms with van der Waals surface area (Å²) in [6, 6.07) is 3.91. The van der Waals surface area contributed by atoms with Crippen LogP contribution >= 0.6 is 0 Å². The Morgan fingerprint density at radius 1 is 1.24 bits per heavy atom. The van der Waals surface area contributed by atoms with Gasteiger partial charge >= 0.3 is 5.69 Å². The maximum absolute atomic E-state index is 12.1. The molecule has 1 saturated carbocycles. The van der Waals surface area contributed by atoms with Crippen molar-refractivity contribution in [1.82, 2.24) is 10.6 Å². The first-order chi connectivity index (χ1) is 12.0. The third kappa shape index (κ3) is 5.44. The van der Waals surface area contributed by atoms with Gasteiger partial charge in [0, 0.05) is 18.2 Å². The van der Waals surface area contributed by atoms with Crippen molar-refractivity contribution < 1.29 is 19.2 Å². The molecule has 8 nitrogen and oxygen atoms in total. The third-order valence-corrected chi connectivity index (χ3v) is 4.36. The quantitative estimate of drug-likeness (QED) is 0.578. The standard InChI is InChI=1S/C17H23N3O5/c1-25-15-8-7-13(9-14(15)20(23)24)17(22)19-11-16(21)18-10-12-5-3-2-4-6-12/h7-9,12H,2-6,10-11H2,1H3,(H,18,21)(H,19,22). The van der Waals surface area contributed by atoms with E-state index in [-0.39, 0.29) is 29.5 Å². The summed E-state index contributed by atoms with van der Waals surface area (Å²) in [5, 5.41) is 16.3. The number of nitrogens with one attached hydrogen (secondary N) is 2. The molecule has 0 radical (unpaired) electrons. The van der Waals surface area contributed by atoms with Crippen LogP contribution in [-0.2, 0) is 4.79 Å². The van der Waals surface area contributed by atoms with E-state index in [1.54, 1.807) is 0 Å². The van der Waals surface area contributed by atoms with Crippen molar-refractivity contribution in [3.63, 3.8) is 0 Å². The molecule has 1 aliphatic rings. The van der Waals surface area contributed by atoms with Gasteiger partial charge in [0.05, 0.1) is 18.6 Å². The molecule has 0 heterocycles. The van der Waals surface area contributed by atoms with Gasteiger partial charge in [0.15, 0.2) is 5.75 Å². The number of hydrogen-bond acceptors (Lipinski definition) is 5. The van der Waals surface area contributed by atoms with E-state index in [2.05, 4.69) is 10.6 Å². The Labute approximate surface area is 146 Å². The summed E-state index contributed by atoms with van der Waals surface area (Å²) < 4.78 is 4.89. The maximum Gasteiger partial charge on any atom is 0.311 e. The maximum atomic E-state index is 12.1. The number of ether oxygens (including phenoxy) is 1. The van der Waals surface area contributed by atoms with Crippen LogP contribution in [-0.4, -0.2) is 36.9 Å². The van der Waals surface area contributed by atoms with Gasteiger partial charge in [-0.05, 0) is 30.9 Å². The zero-order valence-electron chi connectivity index (χ0n) is 14.2. The molecular formula is C17H23N3O5.